The average Bonchev–Trinajstić information content (AvgIpc) is 1.83. The lowest BCUT2D eigenvalue weighted by atomic mass is 10.1. The smallest absolute Gasteiger partial charge is 0.0570 e. The first-order valence-corrected chi connectivity index (χ1v) is 3.36. The molecule has 2 N–H and O–H groups in total. The SMILES string of the molecule is CCC(O)[CH]CC(C)O. The Bertz CT molecular complexity index is 61.9. The van der Waals surface area contributed by atoms with Gasteiger partial charge >= 0.3 is 0 Å². The molecule has 0 aromatic rings. The van der Waals surface area contributed by atoms with Crippen molar-refractivity contribution in [3.63, 3.8) is 0 Å². The first kappa shape index (κ1) is 8.92. The molecule has 0 spiro atoms. The molecule has 0 rings (SSSR count). The predicted molar refractivity (Wildman–Crippen MR) is 36.9 cm³/mol. The maximum absolute atomic E-state index is 8.94. The fourth-order valence-electron chi connectivity index (χ4n) is 0.521. The lowest BCUT2D eigenvalue weighted by Gasteiger charge is -2.07. The van der Waals surface area contributed by atoms with E-state index in [1.54, 1.807) is 13.3 Å². The van der Waals surface area contributed by atoms with Crippen LogP contribution in [-0.2, 0) is 0 Å². The summed E-state index contributed by atoms with van der Waals surface area (Å²) in [6, 6.07) is 0. The minimum Gasteiger partial charge on any atom is -0.393 e. The number of hydrogen-bond donors (Lipinski definition) is 2. The molecule has 0 fully saturated rings. The molecular weight excluding hydrogens is 116 g/mol. The Hall–Kier alpha value is -0.0800. The molecular formula is C7H15O2. The third kappa shape index (κ3) is 5.80. The van der Waals surface area contributed by atoms with Crippen LogP contribution >= 0.6 is 0 Å². The Morgan fingerprint density at radius 3 is 2.33 bits per heavy atom. The molecule has 0 heterocycles. The van der Waals surface area contributed by atoms with Gasteiger partial charge in [0.05, 0.1) is 12.2 Å². The van der Waals surface area contributed by atoms with Gasteiger partial charge in [-0.15, -0.1) is 0 Å². The van der Waals surface area contributed by atoms with Gasteiger partial charge in [0, 0.05) is 0 Å². The van der Waals surface area contributed by atoms with E-state index in [0.717, 1.165) is 6.42 Å². The van der Waals surface area contributed by atoms with Gasteiger partial charge in [0.2, 0.25) is 0 Å². The van der Waals surface area contributed by atoms with Crippen LogP contribution in [0.25, 0.3) is 0 Å². The summed E-state index contributed by atoms with van der Waals surface area (Å²) in [6.45, 7) is 3.61. The standard InChI is InChI=1S/C7H15O2/c1-3-7(9)5-4-6(2)8/h5-9H,3-4H2,1-2H3. The Labute approximate surface area is 56.5 Å². The number of aliphatic hydroxyl groups is 2. The van der Waals surface area contributed by atoms with Crippen LogP contribution in [0.15, 0.2) is 0 Å². The average molecular weight is 131 g/mol. The topological polar surface area (TPSA) is 40.5 Å². The van der Waals surface area contributed by atoms with Crippen LogP contribution in [0.5, 0.6) is 0 Å². The van der Waals surface area contributed by atoms with Gasteiger partial charge in [0.1, 0.15) is 0 Å². The fourth-order valence-corrected chi connectivity index (χ4v) is 0.521. The van der Waals surface area contributed by atoms with E-state index in [2.05, 4.69) is 0 Å². The summed E-state index contributed by atoms with van der Waals surface area (Å²) in [5, 5.41) is 17.7. The van der Waals surface area contributed by atoms with Gasteiger partial charge in [-0.25, -0.2) is 0 Å². The molecule has 1 radical (unpaired) electrons. The molecule has 55 valence electrons. The molecule has 2 unspecified atom stereocenters. The second kappa shape index (κ2) is 4.77. The normalized spacial score (nSPS) is 17.3. The highest BCUT2D eigenvalue weighted by molar-refractivity contribution is 4.75. The van der Waals surface area contributed by atoms with Crippen LogP contribution in [0.2, 0.25) is 0 Å². The minimum absolute atomic E-state index is 0.328. The van der Waals surface area contributed by atoms with E-state index < -0.39 is 0 Å². The van der Waals surface area contributed by atoms with Gasteiger partial charge in [0.15, 0.2) is 0 Å². The van der Waals surface area contributed by atoms with Gasteiger partial charge in [-0.2, -0.15) is 0 Å². The quantitative estimate of drug-likeness (QED) is 0.590. The molecule has 9 heavy (non-hydrogen) atoms. The summed E-state index contributed by atoms with van der Waals surface area (Å²) in [5.41, 5.74) is 0. The highest BCUT2D eigenvalue weighted by atomic mass is 16.3. The van der Waals surface area contributed by atoms with E-state index in [0.29, 0.717) is 6.42 Å². The number of rotatable bonds is 4. The van der Waals surface area contributed by atoms with Gasteiger partial charge in [-0.3, -0.25) is 0 Å². The lowest BCUT2D eigenvalue weighted by Crippen LogP contribution is -2.09. The van der Waals surface area contributed by atoms with Gasteiger partial charge < -0.3 is 10.2 Å². The van der Waals surface area contributed by atoms with Crippen molar-refractivity contribution in [1.29, 1.82) is 0 Å². The van der Waals surface area contributed by atoms with E-state index in [1.165, 1.54) is 0 Å². The van der Waals surface area contributed by atoms with Crippen LogP contribution in [0.3, 0.4) is 0 Å². The third-order valence-electron chi connectivity index (χ3n) is 1.17. The Balaban J connectivity index is 3.06. The van der Waals surface area contributed by atoms with E-state index in [-0.39, 0.29) is 12.2 Å². The zero-order valence-electron chi connectivity index (χ0n) is 6.04. The summed E-state index contributed by atoms with van der Waals surface area (Å²) in [7, 11) is 0. The summed E-state index contributed by atoms with van der Waals surface area (Å²) in [5.74, 6) is 0. The highest BCUT2D eigenvalue weighted by Gasteiger charge is 2.02. The first-order valence-electron chi connectivity index (χ1n) is 3.36. The zero-order chi connectivity index (χ0) is 7.28. The second-order valence-corrected chi connectivity index (χ2v) is 2.30. The number of aliphatic hydroxyl groups excluding tert-OH is 2. The summed E-state index contributed by atoms with van der Waals surface area (Å²) in [6.07, 6.45) is 2.36. The molecule has 2 nitrogen and oxygen atoms in total. The molecule has 2 atom stereocenters. The molecule has 0 aromatic heterocycles. The Morgan fingerprint density at radius 2 is 2.00 bits per heavy atom. The molecule has 0 aliphatic rings. The monoisotopic (exact) mass is 131 g/mol. The van der Waals surface area contributed by atoms with Crippen molar-refractivity contribution in [2.75, 3.05) is 0 Å². The van der Waals surface area contributed by atoms with Crippen molar-refractivity contribution in [3.05, 3.63) is 6.42 Å². The highest BCUT2D eigenvalue weighted by Crippen LogP contribution is 2.01. The molecule has 0 bridgehead atoms. The van der Waals surface area contributed by atoms with Crippen molar-refractivity contribution in [2.45, 2.75) is 38.9 Å². The van der Waals surface area contributed by atoms with Crippen molar-refractivity contribution < 1.29 is 10.2 Å². The van der Waals surface area contributed by atoms with Crippen LogP contribution in [-0.4, -0.2) is 22.4 Å². The van der Waals surface area contributed by atoms with E-state index in [1.807, 2.05) is 6.92 Å². The van der Waals surface area contributed by atoms with Crippen molar-refractivity contribution in [3.8, 4) is 0 Å². The zero-order valence-corrected chi connectivity index (χ0v) is 6.04. The maximum atomic E-state index is 8.94. The molecule has 0 aliphatic heterocycles. The largest absolute Gasteiger partial charge is 0.393 e. The fraction of sp³-hybridized carbons (Fsp3) is 0.857. The van der Waals surface area contributed by atoms with Gasteiger partial charge in [-0.1, -0.05) is 6.92 Å². The van der Waals surface area contributed by atoms with Crippen LogP contribution in [0, 0.1) is 6.42 Å². The van der Waals surface area contributed by atoms with Gasteiger partial charge in [0.25, 0.3) is 0 Å². The van der Waals surface area contributed by atoms with E-state index in [4.69, 9.17) is 10.2 Å². The second-order valence-electron chi connectivity index (χ2n) is 2.30. The predicted octanol–water partition coefficient (Wildman–Crippen LogP) is 0.732. The lowest BCUT2D eigenvalue weighted by molar-refractivity contribution is 0.159. The van der Waals surface area contributed by atoms with Crippen LogP contribution in [0.4, 0.5) is 0 Å². The third-order valence-corrected chi connectivity index (χ3v) is 1.17. The van der Waals surface area contributed by atoms with Crippen LogP contribution < -0.4 is 0 Å². The molecule has 2 heteroatoms. The van der Waals surface area contributed by atoms with Crippen molar-refractivity contribution >= 4 is 0 Å². The van der Waals surface area contributed by atoms with E-state index >= 15 is 0 Å². The number of hydrogen-bond acceptors (Lipinski definition) is 2. The summed E-state index contributed by atoms with van der Waals surface area (Å²) in [4.78, 5) is 0. The van der Waals surface area contributed by atoms with Crippen molar-refractivity contribution in [1.82, 2.24) is 0 Å². The summed E-state index contributed by atoms with van der Waals surface area (Å²) >= 11 is 0. The van der Waals surface area contributed by atoms with E-state index in [9.17, 15) is 0 Å². The maximum Gasteiger partial charge on any atom is 0.0570 e. The first-order chi connectivity index (χ1) is 4.16. The molecule has 0 aliphatic carbocycles. The Morgan fingerprint density at radius 1 is 1.44 bits per heavy atom. The minimum atomic E-state index is -0.348. The molecule has 0 amide bonds. The summed E-state index contributed by atoms with van der Waals surface area (Å²) < 4.78 is 0. The Kier molecular flexibility index (Phi) is 4.72. The molecule has 0 aromatic carbocycles. The van der Waals surface area contributed by atoms with Crippen molar-refractivity contribution in [2.24, 2.45) is 0 Å². The molecule has 0 saturated carbocycles. The van der Waals surface area contributed by atoms with Gasteiger partial charge in [-0.05, 0) is 26.2 Å². The van der Waals surface area contributed by atoms with Crippen LogP contribution in [0.1, 0.15) is 26.7 Å². The molecule has 0 saturated heterocycles.